The number of likely N-dealkylation sites (tertiary alicyclic amines) is 1. The molecule has 2 fully saturated rings. The zero-order chi connectivity index (χ0) is 21.7. The summed E-state index contributed by atoms with van der Waals surface area (Å²) in [6.45, 7) is 4.85. The van der Waals surface area contributed by atoms with Gasteiger partial charge in [-0.05, 0) is 79.6 Å². The molecule has 1 saturated heterocycles. The summed E-state index contributed by atoms with van der Waals surface area (Å²) < 4.78 is 0. The lowest BCUT2D eigenvalue weighted by atomic mass is 9.97. The summed E-state index contributed by atoms with van der Waals surface area (Å²) >= 11 is 0. The van der Waals surface area contributed by atoms with Gasteiger partial charge in [-0.3, -0.25) is 9.78 Å². The van der Waals surface area contributed by atoms with E-state index in [-0.39, 0.29) is 11.3 Å². The maximum atomic E-state index is 13.0. The fourth-order valence-electron chi connectivity index (χ4n) is 5.24. The highest BCUT2D eigenvalue weighted by Gasteiger charge is 2.52. The summed E-state index contributed by atoms with van der Waals surface area (Å²) in [5, 5.41) is 0. The van der Waals surface area contributed by atoms with Crippen molar-refractivity contribution in [3.05, 3.63) is 71.5 Å². The molecule has 1 amide bonds. The molecule has 0 bridgehead atoms. The zero-order valence-corrected chi connectivity index (χ0v) is 18.6. The van der Waals surface area contributed by atoms with Crippen LogP contribution in [0.25, 0.3) is 11.3 Å². The van der Waals surface area contributed by atoms with Crippen molar-refractivity contribution in [2.45, 2.75) is 44.4 Å². The van der Waals surface area contributed by atoms with Crippen molar-refractivity contribution in [3.63, 3.8) is 0 Å². The number of benzene rings is 1. The van der Waals surface area contributed by atoms with Crippen LogP contribution in [0.3, 0.4) is 0 Å². The minimum atomic E-state index is 0.159. The number of hydrogen-bond acceptors (Lipinski definition) is 4. The van der Waals surface area contributed by atoms with Crippen LogP contribution in [0.5, 0.6) is 0 Å². The minimum Gasteiger partial charge on any atom is -0.339 e. The Balaban J connectivity index is 1.33. The molecule has 2 aromatic heterocycles. The standard InChI is InChI=1S/C27H28N4O/c1-2-19-9-12-28-23(15-19)21-6-8-25(29-17-21)31-18-27(10-11-27)22-7-5-20(16-24(22)31)26(32)30-13-3-4-14-30/h5-9,12,15-17H,2-4,10-11,13-14,18H2,1H3. The lowest BCUT2D eigenvalue weighted by Gasteiger charge is -2.20. The Morgan fingerprint density at radius 2 is 1.88 bits per heavy atom. The Hall–Kier alpha value is -3.21. The van der Waals surface area contributed by atoms with Gasteiger partial charge in [0.2, 0.25) is 0 Å². The Labute approximate surface area is 189 Å². The van der Waals surface area contributed by atoms with Gasteiger partial charge < -0.3 is 9.80 Å². The molecule has 0 N–H and O–H groups in total. The zero-order valence-electron chi connectivity index (χ0n) is 18.6. The molecule has 4 heterocycles. The predicted octanol–water partition coefficient (Wildman–Crippen LogP) is 5.13. The summed E-state index contributed by atoms with van der Waals surface area (Å²) in [7, 11) is 0. The van der Waals surface area contributed by atoms with Crippen molar-refractivity contribution in [2.24, 2.45) is 0 Å². The van der Waals surface area contributed by atoms with Gasteiger partial charge in [0.25, 0.3) is 5.91 Å². The van der Waals surface area contributed by atoms with Gasteiger partial charge in [-0.15, -0.1) is 0 Å². The summed E-state index contributed by atoms with van der Waals surface area (Å²) in [5.74, 6) is 1.10. The molecule has 1 aliphatic carbocycles. The summed E-state index contributed by atoms with van der Waals surface area (Å²) in [6.07, 6.45) is 9.43. The quantitative estimate of drug-likeness (QED) is 0.583. The van der Waals surface area contributed by atoms with Gasteiger partial charge >= 0.3 is 0 Å². The van der Waals surface area contributed by atoms with E-state index in [1.807, 2.05) is 23.4 Å². The summed E-state index contributed by atoms with van der Waals surface area (Å²) in [6, 6.07) is 14.7. The van der Waals surface area contributed by atoms with E-state index in [1.54, 1.807) is 0 Å². The molecule has 5 heteroatoms. The largest absolute Gasteiger partial charge is 0.339 e. The average Bonchev–Trinajstić information content (AvgIpc) is 3.28. The summed E-state index contributed by atoms with van der Waals surface area (Å²) in [4.78, 5) is 26.7. The van der Waals surface area contributed by atoms with Crippen LogP contribution >= 0.6 is 0 Å². The lowest BCUT2D eigenvalue weighted by Crippen LogP contribution is -2.27. The van der Waals surface area contributed by atoms with E-state index in [1.165, 1.54) is 24.0 Å². The molecular weight excluding hydrogens is 396 g/mol. The molecule has 1 saturated carbocycles. The second-order valence-corrected chi connectivity index (χ2v) is 9.41. The smallest absolute Gasteiger partial charge is 0.253 e. The Bertz CT molecular complexity index is 1180. The third-order valence-corrected chi connectivity index (χ3v) is 7.37. The van der Waals surface area contributed by atoms with Crippen LogP contribution in [0.15, 0.2) is 54.9 Å². The Kier molecular flexibility index (Phi) is 4.53. The van der Waals surface area contributed by atoms with Gasteiger partial charge in [-0.2, -0.15) is 0 Å². The van der Waals surface area contributed by atoms with Crippen molar-refractivity contribution in [2.75, 3.05) is 24.5 Å². The van der Waals surface area contributed by atoms with Crippen molar-refractivity contribution in [1.82, 2.24) is 14.9 Å². The topological polar surface area (TPSA) is 49.3 Å². The monoisotopic (exact) mass is 424 g/mol. The number of rotatable bonds is 4. The number of carbonyl (C=O) groups excluding carboxylic acids is 1. The molecule has 0 radical (unpaired) electrons. The van der Waals surface area contributed by atoms with E-state index >= 15 is 0 Å². The van der Waals surface area contributed by atoms with Crippen LogP contribution in [0.1, 0.15) is 54.1 Å². The molecular formula is C27H28N4O. The first-order chi connectivity index (χ1) is 15.7. The van der Waals surface area contributed by atoms with Crippen molar-refractivity contribution >= 4 is 17.4 Å². The molecule has 1 spiro atoms. The number of anilines is 2. The highest BCUT2D eigenvalue weighted by molar-refractivity contribution is 5.96. The van der Waals surface area contributed by atoms with Gasteiger partial charge in [0.15, 0.2) is 0 Å². The molecule has 0 atom stereocenters. The number of pyridine rings is 2. The van der Waals surface area contributed by atoms with Crippen LogP contribution in [-0.4, -0.2) is 40.4 Å². The molecule has 3 aliphatic rings. The number of nitrogens with zero attached hydrogens (tertiary/aromatic N) is 4. The van der Waals surface area contributed by atoms with E-state index in [0.717, 1.165) is 67.2 Å². The Morgan fingerprint density at radius 3 is 2.59 bits per heavy atom. The van der Waals surface area contributed by atoms with E-state index in [2.05, 4.69) is 53.2 Å². The van der Waals surface area contributed by atoms with Crippen LogP contribution < -0.4 is 4.90 Å². The second kappa shape index (κ2) is 7.44. The molecule has 1 aromatic carbocycles. The van der Waals surface area contributed by atoms with Gasteiger partial charge in [-0.1, -0.05) is 13.0 Å². The average molecular weight is 425 g/mol. The molecule has 6 rings (SSSR count). The van der Waals surface area contributed by atoms with Crippen molar-refractivity contribution < 1.29 is 4.79 Å². The molecule has 0 unspecified atom stereocenters. The number of carbonyl (C=O) groups is 1. The van der Waals surface area contributed by atoms with Crippen molar-refractivity contribution in [1.29, 1.82) is 0 Å². The number of fused-ring (bicyclic) bond motifs is 2. The van der Waals surface area contributed by atoms with E-state index in [4.69, 9.17) is 4.98 Å². The van der Waals surface area contributed by atoms with Crippen LogP contribution in [0.2, 0.25) is 0 Å². The van der Waals surface area contributed by atoms with Gasteiger partial charge in [-0.25, -0.2) is 4.98 Å². The van der Waals surface area contributed by atoms with E-state index in [9.17, 15) is 4.79 Å². The number of aromatic nitrogens is 2. The number of hydrogen-bond donors (Lipinski definition) is 0. The molecule has 2 aliphatic heterocycles. The predicted molar refractivity (Wildman–Crippen MR) is 126 cm³/mol. The molecule has 162 valence electrons. The SMILES string of the molecule is CCc1ccnc(-c2ccc(N3CC4(CC4)c4ccc(C(=O)N5CCCC5)cc43)nc2)c1. The van der Waals surface area contributed by atoms with Gasteiger partial charge in [0.05, 0.1) is 5.69 Å². The Morgan fingerprint density at radius 1 is 1.03 bits per heavy atom. The normalized spacial score (nSPS) is 18.3. The van der Waals surface area contributed by atoms with E-state index < -0.39 is 0 Å². The van der Waals surface area contributed by atoms with Crippen LogP contribution in [0.4, 0.5) is 11.5 Å². The van der Waals surface area contributed by atoms with E-state index in [0.29, 0.717) is 0 Å². The fraction of sp³-hybridized carbons (Fsp3) is 0.370. The third-order valence-electron chi connectivity index (χ3n) is 7.37. The molecule has 3 aromatic rings. The number of aryl methyl sites for hydroxylation is 1. The lowest BCUT2D eigenvalue weighted by molar-refractivity contribution is 0.0793. The van der Waals surface area contributed by atoms with Crippen molar-refractivity contribution in [3.8, 4) is 11.3 Å². The highest BCUT2D eigenvalue weighted by atomic mass is 16.2. The van der Waals surface area contributed by atoms with Gasteiger partial charge in [0, 0.05) is 54.3 Å². The fourth-order valence-corrected chi connectivity index (χ4v) is 5.24. The minimum absolute atomic E-state index is 0.159. The number of amides is 1. The maximum Gasteiger partial charge on any atom is 0.253 e. The van der Waals surface area contributed by atoms with Crippen LogP contribution in [0, 0.1) is 0 Å². The third kappa shape index (κ3) is 3.19. The first kappa shape index (κ1) is 19.5. The van der Waals surface area contributed by atoms with Gasteiger partial charge in [0.1, 0.15) is 5.82 Å². The molecule has 32 heavy (non-hydrogen) atoms. The summed E-state index contributed by atoms with van der Waals surface area (Å²) in [5.41, 5.74) is 6.83. The molecule has 5 nitrogen and oxygen atoms in total. The second-order valence-electron chi connectivity index (χ2n) is 9.41. The van der Waals surface area contributed by atoms with Crippen LogP contribution in [-0.2, 0) is 11.8 Å². The first-order valence-electron chi connectivity index (χ1n) is 11.8. The highest BCUT2D eigenvalue weighted by Crippen LogP contribution is 2.58. The maximum absolute atomic E-state index is 13.0. The first-order valence-corrected chi connectivity index (χ1v) is 11.8.